The Balaban J connectivity index is 2.29. The molecule has 5 heteroatoms. The molecule has 1 aliphatic rings. The largest absolute Gasteiger partial charge is 0.476 e. The Labute approximate surface area is 98.9 Å². The number of aromatic nitrogens is 1. The molecule has 1 atom stereocenters. The van der Waals surface area contributed by atoms with E-state index in [1.165, 1.54) is 0 Å². The van der Waals surface area contributed by atoms with Crippen molar-refractivity contribution in [2.75, 3.05) is 18.0 Å². The maximum Gasteiger partial charge on any atom is 0.356 e. The lowest BCUT2D eigenvalue weighted by Gasteiger charge is -2.17. The predicted molar refractivity (Wildman–Crippen MR) is 62.2 cm³/mol. The summed E-state index contributed by atoms with van der Waals surface area (Å²) in [5.74, 6) is 0.246. The van der Waals surface area contributed by atoms with Crippen LogP contribution in [0.4, 0.5) is 5.82 Å². The molecule has 0 amide bonds. The summed E-state index contributed by atoms with van der Waals surface area (Å²) in [5, 5.41) is 9.10. The van der Waals surface area contributed by atoms with E-state index in [4.69, 9.17) is 16.7 Å². The molecule has 1 fully saturated rings. The van der Waals surface area contributed by atoms with Gasteiger partial charge in [0.15, 0.2) is 5.69 Å². The highest BCUT2D eigenvalue weighted by molar-refractivity contribution is 6.33. The van der Waals surface area contributed by atoms with E-state index in [1.54, 1.807) is 12.1 Å². The van der Waals surface area contributed by atoms with Crippen LogP contribution >= 0.6 is 11.6 Å². The van der Waals surface area contributed by atoms with Crippen LogP contribution in [0.2, 0.25) is 5.02 Å². The normalized spacial score (nSPS) is 20.1. The van der Waals surface area contributed by atoms with E-state index >= 15 is 0 Å². The van der Waals surface area contributed by atoms with Crippen LogP contribution in [0.15, 0.2) is 12.1 Å². The topological polar surface area (TPSA) is 53.4 Å². The van der Waals surface area contributed by atoms with Gasteiger partial charge in [0.1, 0.15) is 5.82 Å². The number of nitrogens with zero attached hydrogens (tertiary/aromatic N) is 2. The molecule has 4 nitrogen and oxygen atoms in total. The van der Waals surface area contributed by atoms with Gasteiger partial charge in [-0.05, 0) is 24.5 Å². The van der Waals surface area contributed by atoms with Crippen molar-refractivity contribution in [1.82, 2.24) is 4.98 Å². The monoisotopic (exact) mass is 240 g/mol. The SMILES string of the molecule is CC1CCN(c2ccc(Cl)c(C(=O)O)n2)C1. The zero-order valence-electron chi connectivity index (χ0n) is 8.98. The van der Waals surface area contributed by atoms with E-state index in [2.05, 4.69) is 16.8 Å². The highest BCUT2D eigenvalue weighted by atomic mass is 35.5. The van der Waals surface area contributed by atoms with Crippen molar-refractivity contribution in [3.63, 3.8) is 0 Å². The summed E-state index contributed by atoms with van der Waals surface area (Å²) >= 11 is 5.76. The van der Waals surface area contributed by atoms with Crippen LogP contribution < -0.4 is 4.90 Å². The van der Waals surface area contributed by atoms with E-state index in [1.807, 2.05) is 0 Å². The number of carbonyl (C=O) groups is 1. The minimum Gasteiger partial charge on any atom is -0.476 e. The van der Waals surface area contributed by atoms with Gasteiger partial charge in [-0.1, -0.05) is 18.5 Å². The van der Waals surface area contributed by atoms with Gasteiger partial charge in [-0.25, -0.2) is 9.78 Å². The molecule has 0 saturated carbocycles. The number of rotatable bonds is 2. The van der Waals surface area contributed by atoms with Crippen LogP contribution in [-0.2, 0) is 0 Å². The third-order valence-electron chi connectivity index (χ3n) is 2.78. The fourth-order valence-electron chi connectivity index (χ4n) is 1.90. The van der Waals surface area contributed by atoms with Gasteiger partial charge in [-0.3, -0.25) is 0 Å². The maximum atomic E-state index is 10.9. The van der Waals surface area contributed by atoms with Crippen LogP contribution in [-0.4, -0.2) is 29.1 Å². The van der Waals surface area contributed by atoms with Gasteiger partial charge >= 0.3 is 5.97 Å². The van der Waals surface area contributed by atoms with Crippen LogP contribution in [0.1, 0.15) is 23.8 Å². The van der Waals surface area contributed by atoms with Gasteiger partial charge in [-0.2, -0.15) is 0 Å². The molecule has 1 aromatic rings. The molecule has 1 aromatic heterocycles. The number of anilines is 1. The van der Waals surface area contributed by atoms with Gasteiger partial charge in [-0.15, -0.1) is 0 Å². The molecule has 0 aromatic carbocycles. The van der Waals surface area contributed by atoms with Gasteiger partial charge in [0.2, 0.25) is 0 Å². The molecule has 0 aliphatic carbocycles. The quantitative estimate of drug-likeness (QED) is 0.862. The Morgan fingerprint density at radius 2 is 2.38 bits per heavy atom. The molecular weight excluding hydrogens is 228 g/mol. The molecule has 16 heavy (non-hydrogen) atoms. The first-order chi connectivity index (χ1) is 7.58. The second kappa shape index (κ2) is 4.29. The number of pyridine rings is 1. The summed E-state index contributed by atoms with van der Waals surface area (Å²) in [4.78, 5) is 17.1. The van der Waals surface area contributed by atoms with E-state index < -0.39 is 5.97 Å². The number of hydrogen-bond acceptors (Lipinski definition) is 3. The third kappa shape index (κ3) is 2.11. The first-order valence-electron chi connectivity index (χ1n) is 5.22. The average molecular weight is 241 g/mol. The summed E-state index contributed by atoms with van der Waals surface area (Å²) in [7, 11) is 0. The lowest BCUT2D eigenvalue weighted by molar-refractivity contribution is 0.0691. The van der Waals surface area contributed by atoms with Gasteiger partial charge in [0, 0.05) is 13.1 Å². The predicted octanol–water partition coefficient (Wildman–Crippen LogP) is 2.28. The fourth-order valence-corrected chi connectivity index (χ4v) is 2.09. The zero-order valence-corrected chi connectivity index (χ0v) is 9.74. The summed E-state index contributed by atoms with van der Waals surface area (Å²) in [5.41, 5.74) is -0.0706. The minimum absolute atomic E-state index is 0.0706. The Bertz CT molecular complexity index is 422. The second-order valence-corrected chi connectivity index (χ2v) is 4.55. The number of carboxylic acids is 1. The van der Waals surface area contributed by atoms with E-state index in [0.717, 1.165) is 19.5 Å². The van der Waals surface area contributed by atoms with Gasteiger partial charge < -0.3 is 10.0 Å². The summed E-state index contributed by atoms with van der Waals surface area (Å²) in [6, 6.07) is 3.36. The van der Waals surface area contributed by atoms with Crippen molar-refractivity contribution in [2.24, 2.45) is 5.92 Å². The van der Waals surface area contributed by atoms with Crippen LogP contribution in [0.5, 0.6) is 0 Å². The molecule has 1 unspecified atom stereocenters. The highest BCUT2D eigenvalue weighted by Crippen LogP contribution is 2.24. The smallest absolute Gasteiger partial charge is 0.356 e. The minimum atomic E-state index is -1.08. The molecule has 0 radical (unpaired) electrons. The van der Waals surface area contributed by atoms with Gasteiger partial charge in [0.25, 0.3) is 0 Å². The molecule has 86 valence electrons. The number of carboxylic acid groups (broad SMARTS) is 1. The van der Waals surface area contributed by atoms with Crippen molar-refractivity contribution < 1.29 is 9.90 Å². The standard InChI is InChI=1S/C11H13ClN2O2/c1-7-4-5-14(6-7)9-3-2-8(12)10(13-9)11(15)16/h2-3,7H,4-6H2,1H3,(H,15,16). The molecular formula is C11H13ClN2O2. The fraction of sp³-hybridized carbons (Fsp3) is 0.455. The number of hydrogen-bond donors (Lipinski definition) is 1. The molecule has 1 N–H and O–H groups in total. The zero-order chi connectivity index (χ0) is 11.7. The third-order valence-corrected chi connectivity index (χ3v) is 3.09. The summed E-state index contributed by atoms with van der Waals surface area (Å²) in [6.45, 7) is 4.02. The van der Waals surface area contributed by atoms with Crippen molar-refractivity contribution in [3.05, 3.63) is 22.8 Å². The Morgan fingerprint density at radius 3 is 2.94 bits per heavy atom. The highest BCUT2D eigenvalue weighted by Gasteiger charge is 2.21. The maximum absolute atomic E-state index is 10.9. The van der Waals surface area contributed by atoms with Crippen LogP contribution in [0.3, 0.4) is 0 Å². The van der Waals surface area contributed by atoms with Crippen LogP contribution in [0, 0.1) is 5.92 Å². The first-order valence-corrected chi connectivity index (χ1v) is 5.60. The van der Waals surface area contributed by atoms with E-state index in [-0.39, 0.29) is 10.7 Å². The van der Waals surface area contributed by atoms with Gasteiger partial charge in [0.05, 0.1) is 5.02 Å². The van der Waals surface area contributed by atoms with E-state index in [9.17, 15) is 4.79 Å². The van der Waals surface area contributed by atoms with Crippen molar-refractivity contribution >= 4 is 23.4 Å². The van der Waals surface area contributed by atoms with Crippen molar-refractivity contribution in [3.8, 4) is 0 Å². The Hall–Kier alpha value is -1.29. The number of halogens is 1. The molecule has 2 heterocycles. The summed E-state index contributed by atoms with van der Waals surface area (Å²) in [6.07, 6.45) is 1.12. The Kier molecular flexibility index (Phi) is 3.01. The first kappa shape index (κ1) is 11.2. The summed E-state index contributed by atoms with van der Waals surface area (Å²) < 4.78 is 0. The molecule has 2 rings (SSSR count). The van der Waals surface area contributed by atoms with E-state index in [0.29, 0.717) is 11.7 Å². The molecule has 0 bridgehead atoms. The Morgan fingerprint density at radius 1 is 1.62 bits per heavy atom. The number of aromatic carboxylic acids is 1. The molecule has 0 spiro atoms. The average Bonchev–Trinajstić information content (AvgIpc) is 2.65. The molecule has 1 aliphatic heterocycles. The lowest BCUT2D eigenvalue weighted by atomic mass is 10.2. The lowest BCUT2D eigenvalue weighted by Crippen LogP contribution is -2.21. The van der Waals surface area contributed by atoms with Crippen molar-refractivity contribution in [1.29, 1.82) is 0 Å². The van der Waals surface area contributed by atoms with Crippen molar-refractivity contribution in [2.45, 2.75) is 13.3 Å². The van der Waals surface area contributed by atoms with Crippen LogP contribution in [0.25, 0.3) is 0 Å². The second-order valence-electron chi connectivity index (χ2n) is 4.14. The molecule has 1 saturated heterocycles.